The lowest BCUT2D eigenvalue weighted by Crippen LogP contribution is -2.38. The second kappa shape index (κ2) is 6.61. The number of hydrogen-bond acceptors (Lipinski definition) is 4. The molecular formula is C14H18N2O2S. The van der Waals surface area contributed by atoms with Crippen molar-refractivity contribution in [3.8, 4) is 0 Å². The van der Waals surface area contributed by atoms with E-state index in [4.69, 9.17) is 5.11 Å². The van der Waals surface area contributed by atoms with Gasteiger partial charge in [-0.15, -0.1) is 0 Å². The molecule has 0 spiro atoms. The van der Waals surface area contributed by atoms with Crippen molar-refractivity contribution in [3.05, 3.63) is 30.0 Å². The molecule has 102 valence electrons. The standard InChI is InChI=1S/C14H18N2O2S/c1-2-12-10-16(8-9-19-12)14-11(4-3-7-15-14)5-6-13(17)18/h3-7,12H,2,8-10H2,1H3,(H,17,18)/b6-5+. The van der Waals surface area contributed by atoms with Crippen LogP contribution in [0, 0.1) is 0 Å². The Kier molecular flexibility index (Phi) is 4.85. The molecule has 4 nitrogen and oxygen atoms in total. The molecule has 0 aliphatic carbocycles. The zero-order valence-corrected chi connectivity index (χ0v) is 11.8. The molecule has 2 heterocycles. The summed E-state index contributed by atoms with van der Waals surface area (Å²) in [5, 5.41) is 9.36. The summed E-state index contributed by atoms with van der Waals surface area (Å²) < 4.78 is 0. The molecule has 1 saturated heterocycles. The van der Waals surface area contributed by atoms with Crippen LogP contribution in [-0.2, 0) is 4.79 Å². The molecule has 1 aliphatic heterocycles. The predicted molar refractivity (Wildman–Crippen MR) is 79.7 cm³/mol. The summed E-state index contributed by atoms with van der Waals surface area (Å²) in [5.74, 6) is 1.05. The molecule has 0 aromatic carbocycles. The normalized spacial score (nSPS) is 19.8. The number of thioether (sulfide) groups is 1. The van der Waals surface area contributed by atoms with Crippen molar-refractivity contribution in [2.24, 2.45) is 0 Å². The molecule has 2 rings (SSSR count). The van der Waals surface area contributed by atoms with E-state index in [1.807, 2.05) is 23.9 Å². The zero-order chi connectivity index (χ0) is 13.7. The lowest BCUT2D eigenvalue weighted by Gasteiger charge is -2.33. The summed E-state index contributed by atoms with van der Waals surface area (Å²) in [6.07, 6.45) is 5.69. The average molecular weight is 278 g/mol. The van der Waals surface area contributed by atoms with Crippen LogP contribution in [0.2, 0.25) is 0 Å². The van der Waals surface area contributed by atoms with E-state index in [2.05, 4.69) is 16.8 Å². The third-order valence-corrected chi connectivity index (χ3v) is 4.49. The fourth-order valence-electron chi connectivity index (χ4n) is 2.12. The maximum atomic E-state index is 10.6. The van der Waals surface area contributed by atoms with Crippen molar-refractivity contribution in [2.45, 2.75) is 18.6 Å². The van der Waals surface area contributed by atoms with Crippen molar-refractivity contribution in [3.63, 3.8) is 0 Å². The number of anilines is 1. The van der Waals surface area contributed by atoms with Crippen LogP contribution < -0.4 is 4.90 Å². The van der Waals surface area contributed by atoms with E-state index in [9.17, 15) is 4.79 Å². The first kappa shape index (κ1) is 13.9. The zero-order valence-electron chi connectivity index (χ0n) is 11.0. The van der Waals surface area contributed by atoms with Crippen molar-refractivity contribution in [1.82, 2.24) is 4.98 Å². The monoisotopic (exact) mass is 278 g/mol. The van der Waals surface area contributed by atoms with E-state index in [1.165, 1.54) is 0 Å². The number of hydrogen-bond donors (Lipinski definition) is 1. The van der Waals surface area contributed by atoms with Gasteiger partial charge in [0.05, 0.1) is 0 Å². The fourth-order valence-corrected chi connectivity index (χ4v) is 3.30. The van der Waals surface area contributed by atoms with Gasteiger partial charge in [0.1, 0.15) is 5.82 Å². The Morgan fingerprint density at radius 3 is 3.26 bits per heavy atom. The van der Waals surface area contributed by atoms with Crippen LogP contribution in [0.3, 0.4) is 0 Å². The van der Waals surface area contributed by atoms with E-state index in [1.54, 1.807) is 12.3 Å². The predicted octanol–water partition coefficient (Wildman–Crippen LogP) is 2.51. The lowest BCUT2D eigenvalue weighted by atomic mass is 10.2. The van der Waals surface area contributed by atoms with Crippen LogP contribution in [0.5, 0.6) is 0 Å². The highest BCUT2D eigenvalue weighted by molar-refractivity contribution is 8.00. The number of pyridine rings is 1. The molecule has 1 fully saturated rings. The smallest absolute Gasteiger partial charge is 0.328 e. The van der Waals surface area contributed by atoms with Gasteiger partial charge in [-0.2, -0.15) is 11.8 Å². The van der Waals surface area contributed by atoms with Crippen LogP contribution in [0.4, 0.5) is 5.82 Å². The highest BCUT2D eigenvalue weighted by atomic mass is 32.2. The van der Waals surface area contributed by atoms with Gasteiger partial charge in [-0.3, -0.25) is 0 Å². The molecule has 1 aromatic heterocycles. The molecule has 1 aliphatic rings. The Balaban J connectivity index is 2.21. The minimum absolute atomic E-state index is 0.632. The number of aromatic nitrogens is 1. The first-order chi connectivity index (χ1) is 9.20. The van der Waals surface area contributed by atoms with Crippen molar-refractivity contribution in [1.29, 1.82) is 0 Å². The third-order valence-electron chi connectivity index (χ3n) is 3.12. The van der Waals surface area contributed by atoms with Gasteiger partial charge in [0.25, 0.3) is 0 Å². The molecule has 0 bridgehead atoms. The van der Waals surface area contributed by atoms with Crippen molar-refractivity contribution in [2.75, 3.05) is 23.7 Å². The van der Waals surface area contributed by atoms with Gasteiger partial charge in [-0.05, 0) is 24.6 Å². The maximum Gasteiger partial charge on any atom is 0.328 e. The number of nitrogens with zero attached hydrogens (tertiary/aromatic N) is 2. The highest BCUT2D eigenvalue weighted by Crippen LogP contribution is 2.27. The van der Waals surface area contributed by atoms with E-state index < -0.39 is 5.97 Å². The Labute approximate surface area is 117 Å². The summed E-state index contributed by atoms with van der Waals surface area (Å²) in [5.41, 5.74) is 0.867. The van der Waals surface area contributed by atoms with Crippen LogP contribution >= 0.6 is 11.8 Å². The summed E-state index contributed by atoms with van der Waals surface area (Å²) in [6, 6.07) is 3.74. The van der Waals surface area contributed by atoms with Gasteiger partial charge in [0.2, 0.25) is 0 Å². The number of aliphatic carboxylic acids is 1. The first-order valence-corrected chi connectivity index (χ1v) is 7.48. The Hall–Kier alpha value is -1.49. The summed E-state index contributed by atoms with van der Waals surface area (Å²) in [7, 11) is 0. The second-order valence-corrected chi connectivity index (χ2v) is 5.84. The van der Waals surface area contributed by atoms with Gasteiger partial charge < -0.3 is 10.0 Å². The average Bonchev–Trinajstić information content (AvgIpc) is 2.45. The lowest BCUT2D eigenvalue weighted by molar-refractivity contribution is -0.131. The Morgan fingerprint density at radius 1 is 1.68 bits per heavy atom. The van der Waals surface area contributed by atoms with Crippen LogP contribution in [0.15, 0.2) is 24.4 Å². The summed E-state index contributed by atoms with van der Waals surface area (Å²) in [6.45, 7) is 4.14. The van der Waals surface area contributed by atoms with E-state index in [0.717, 1.165) is 42.7 Å². The molecule has 0 amide bonds. The largest absolute Gasteiger partial charge is 0.478 e. The van der Waals surface area contributed by atoms with Crippen LogP contribution in [-0.4, -0.2) is 40.2 Å². The van der Waals surface area contributed by atoms with Gasteiger partial charge in [0, 0.05) is 41.9 Å². The fraction of sp³-hybridized carbons (Fsp3) is 0.429. The highest BCUT2D eigenvalue weighted by Gasteiger charge is 2.21. The number of carbonyl (C=O) groups is 1. The van der Waals surface area contributed by atoms with Crippen molar-refractivity contribution < 1.29 is 9.90 Å². The first-order valence-electron chi connectivity index (χ1n) is 6.43. The summed E-state index contributed by atoms with van der Waals surface area (Å²) >= 11 is 2.00. The topological polar surface area (TPSA) is 53.4 Å². The van der Waals surface area contributed by atoms with Gasteiger partial charge >= 0.3 is 5.97 Å². The Bertz CT molecular complexity index is 476. The molecule has 1 N–H and O–H groups in total. The van der Waals surface area contributed by atoms with Crippen LogP contribution in [0.25, 0.3) is 6.08 Å². The van der Waals surface area contributed by atoms with Gasteiger partial charge in [-0.25, -0.2) is 9.78 Å². The Morgan fingerprint density at radius 2 is 2.53 bits per heavy atom. The SMILES string of the molecule is CCC1CN(c2ncccc2/C=C/C(=O)O)CCS1. The number of carboxylic acid groups (broad SMARTS) is 1. The molecule has 1 aromatic rings. The molecule has 19 heavy (non-hydrogen) atoms. The van der Waals surface area contributed by atoms with E-state index >= 15 is 0 Å². The molecule has 1 atom stereocenters. The number of carboxylic acids is 1. The van der Waals surface area contributed by atoms with Crippen LogP contribution in [0.1, 0.15) is 18.9 Å². The minimum atomic E-state index is -0.935. The van der Waals surface area contributed by atoms with Crippen molar-refractivity contribution >= 4 is 29.6 Å². The van der Waals surface area contributed by atoms with E-state index in [-0.39, 0.29) is 0 Å². The molecule has 0 radical (unpaired) electrons. The van der Waals surface area contributed by atoms with Gasteiger partial charge in [0.15, 0.2) is 0 Å². The summed E-state index contributed by atoms with van der Waals surface area (Å²) in [4.78, 5) is 17.3. The van der Waals surface area contributed by atoms with E-state index in [0.29, 0.717) is 5.25 Å². The molecule has 0 saturated carbocycles. The molecule has 1 unspecified atom stereocenters. The minimum Gasteiger partial charge on any atom is -0.478 e. The molecule has 5 heteroatoms. The van der Waals surface area contributed by atoms with Gasteiger partial charge in [-0.1, -0.05) is 6.92 Å². The second-order valence-electron chi connectivity index (χ2n) is 4.43. The third kappa shape index (κ3) is 3.73. The maximum absolute atomic E-state index is 10.6. The molecular weight excluding hydrogens is 260 g/mol. The number of rotatable bonds is 4. The quantitative estimate of drug-likeness (QED) is 0.858.